The summed E-state index contributed by atoms with van der Waals surface area (Å²) in [6.45, 7) is 1.87. The molecule has 1 aromatic rings. The van der Waals surface area contributed by atoms with Gasteiger partial charge in [0.2, 0.25) is 0 Å². The second-order valence-electron chi connectivity index (χ2n) is 4.64. The van der Waals surface area contributed by atoms with Crippen LogP contribution in [0.15, 0.2) is 29.3 Å². The summed E-state index contributed by atoms with van der Waals surface area (Å²) in [6.07, 6.45) is 1.69. The minimum atomic E-state index is -0.234. The highest BCUT2D eigenvalue weighted by Crippen LogP contribution is 2.35. The molecule has 0 unspecified atom stereocenters. The third-order valence-corrected chi connectivity index (χ3v) is 3.47. The minimum Gasteiger partial charge on any atom is -0.381 e. The zero-order valence-electron chi connectivity index (χ0n) is 10.2. The van der Waals surface area contributed by atoms with Gasteiger partial charge in [0.25, 0.3) is 0 Å². The van der Waals surface area contributed by atoms with E-state index in [9.17, 15) is 4.39 Å². The van der Waals surface area contributed by atoms with Crippen LogP contribution in [0.3, 0.4) is 0 Å². The van der Waals surface area contributed by atoms with Crippen LogP contribution in [0.1, 0.15) is 18.4 Å². The first-order valence-electron chi connectivity index (χ1n) is 6.02. The van der Waals surface area contributed by atoms with E-state index < -0.39 is 0 Å². The molecule has 0 saturated carbocycles. The maximum absolute atomic E-state index is 13.0. The van der Waals surface area contributed by atoms with Crippen molar-refractivity contribution in [2.24, 2.45) is 16.5 Å². The van der Waals surface area contributed by atoms with Gasteiger partial charge in [-0.3, -0.25) is 4.99 Å². The molecule has 2 rings (SSSR count). The van der Waals surface area contributed by atoms with Gasteiger partial charge in [0.05, 0.1) is 6.54 Å². The van der Waals surface area contributed by atoms with Gasteiger partial charge < -0.3 is 16.2 Å². The monoisotopic (exact) mass is 251 g/mol. The van der Waals surface area contributed by atoms with E-state index in [1.807, 2.05) is 12.1 Å². The lowest BCUT2D eigenvalue weighted by Crippen LogP contribution is -2.38. The molecule has 0 atom stereocenters. The number of ether oxygens (including phenoxy) is 1. The number of nitrogens with zero attached hydrogens (tertiary/aromatic N) is 1. The van der Waals surface area contributed by atoms with E-state index in [2.05, 4.69) is 4.99 Å². The average molecular weight is 251 g/mol. The second kappa shape index (κ2) is 5.35. The topological polar surface area (TPSA) is 73.6 Å². The highest BCUT2D eigenvalue weighted by Gasteiger charge is 2.34. The Morgan fingerprint density at radius 2 is 1.83 bits per heavy atom. The molecular formula is C13H18FN3O. The lowest BCUT2D eigenvalue weighted by molar-refractivity contribution is 0.0531. The summed E-state index contributed by atoms with van der Waals surface area (Å²) >= 11 is 0. The Morgan fingerprint density at radius 1 is 1.22 bits per heavy atom. The molecule has 1 saturated heterocycles. The summed E-state index contributed by atoms with van der Waals surface area (Å²) in [5, 5.41) is 0. The standard InChI is InChI=1S/C13H18FN3O/c14-11-3-1-10(2-4-11)13(9-17-12(15)16)5-7-18-8-6-13/h1-4H,5-9H2,(H4,15,16,17). The molecule has 1 aliphatic heterocycles. The molecule has 1 aliphatic rings. The van der Waals surface area contributed by atoms with Gasteiger partial charge in [-0.25, -0.2) is 4.39 Å². The molecule has 0 aliphatic carbocycles. The van der Waals surface area contributed by atoms with Gasteiger partial charge in [-0.15, -0.1) is 0 Å². The van der Waals surface area contributed by atoms with Crippen molar-refractivity contribution in [3.8, 4) is 0 Å². The number of hydrogen-bond acceptors (Lipinski definition) is 2. The van der Waals surface area contributed by atoms with Gasteiger partial charge in [-0.1, -0.05) is 12.1 Å². The third-order valence-electron chi connectivity index (χ3n) is 3.47. The summed E-state index contributed by atoms with van der Waals surface area (Å²) in [5.74, 6) is -0.147. The number of aliphatic imine (C=N–C) groups is 1. The molecule has 98 valence electrons. The van der Waals surface area contributed by atoms with Gasteiger partial charge in [-0.2, -0.15) is 0 Å². The zero-order chi connectivity index (χ0) is 13.0. The van der Waals surface area contributed by atoms with E-state index >= 15 is 0 Å². The van der Waals surface area contributed by atoms with E-state index in [4.69, 9.17) is 16.2 Å². The van der Waals surface area contributed by atoms with Crippen LogP contribution in [0.25, 0.3) is 0 Å². The number of halogens is 1. The number of hydrogen-bond donors (Lipinski definition) is 2. The van der Waals surface area contributed by atoms with Crippen molar-refractivity contribution in [3.63, 3.8) is 0 Å². The van der Waals surface area contributed by atoms with Crippen LogP contribution in [0, 0.1) is 5.82 Å². The van der Waals surface area contributed by atoms with Gasteiger partial charge in [0, 0.05) is 18.6 Å². The summed E-state index contributed by atoms with van der Waals surface area (Å²) in [5.41, 5.74) is 11.7. The van der Waals surface area contributed by atoms with E-state index in [0.717, 1.165) is 18.4 Å². The highest BCUT2D eigenvalue weighted by atomic mass is 19.1. The minimum absolute atomic E-state index is 0.0861. The molecule has 1 fully saturated rings. The van der Waals surface area contributed by atoms with Gasteiger partial charge in [0.15, 0.2) is 5.96 Å². The van der Waals surface area contributed by atoms with Crippen LogP contribution in [0.4, 0.5) is 4.39 Å². The first-order chi connectivity index (χ1) is 8.62. The molecular weight excluding hydrogens is 233 g/mol. The second-order valence-corrected chi connectivity index (χ2v) is 4.64. The predicted molar refractivity (Wildman–Crippen MR) is 68.8 cm³/mol. The SMILES string of the molecule is NC(N)=NCC1(c2ccc(F)cc2)CCOCC1. The van der Waals surface area contributed by atoms with Crippen LogP contribution in [0.2, 0.25) is 0 Å². The van der Waals surface area contributed by atoms with Crippen LogP contribution in [0.5, 0.6) is 0 Å². The molecule has 0 bridgehead atoms. The maximum Gasteiger partial charge on any atom is 0.185 e. The first-order valence-corrected chi connectivity index (χ1v) is 6.02. The maximum atomic E-state index is 13.0. The fourth-order valence-corrected chi connectivity index (χ4v) is 2.35. The molecule has 1 aromatic carbocycles. The Hall–Kier alpha value is -1.62. The Labute approximate surface area is 106 Å². The average Bonchev–Trinajstić information content (AvgIpc) is 2.38. The summed E-state index contributed by atoms with van der Waals surface area (Å²) in [6, 6.07) is 6.57. The van der Waals surface area contributed by atoms with E-state index in [1.165, 1.54) is 12.1 Å². The van der Waals surface area contributed by atoms with Crippen molar-refractivity contribution >= 4 is 5.96 Å². The van der Waals surface area contributed by atoms with E-state index in [-0.39, 0.29) is 17.2 Å². The Morgan fingerprint density at radius 3 is 2.39 bits per heavy atom. The van der Waals surface area contributed by atoms with Crippen LogP contribution in [-0.2, 0) is 10.2 Å². The fourth-order valence-electron chi connectivity index (χ4n) is 2.35. The Balaban J connectivity index is 2.28. The summed E-state index contributed by atoms with van der Waals surface area (Å²) < 4.78 is 18.4. The zero-order valence-corrected chi connectivity index (χ0v) is 10.2. The molecule has 18 heavy (non-hydrogen) atoms. The lowest BCUT2D eigenvalue weighted by Gasteiger charge is -2.36. The smallest absolute Gasteiger partial charge is 0.185 e. The number of rotatable bonds is 3. The van der Waals surface area contributed by atoms with Crippen LogP contribution >= 0.6 is 0 Å². The highest BCUT2D eigenvalue weighted by molar-refractivity contribution is 5.75. The van der Waals surface area contributed by atoms with Crippen LogP contribution < -0.4 is 11.5 Å². The molecule has 5 heteroatoms. The largest absolute Gasteiger partial charge is 0.381 e. The quantitative estimate of drug-likeness (QED) is 0.625. The van der Waals surface area contributed by atoms with E-state index in [1.54, 1.807) is 0 Å². The van der Waals surface area contributed by atoms with Crippen molar-refractivity contribution < 1.29 is 9.13 Å². The summed E-state index contributed by atoms with van der Waals surface area (Å²) in [4.78, 5) is 4.14. The van der Waals surface area contributed by atoms with E-state index in [0.29, 0.717) is 19.8 Å². The predicted octanol–water partition coefficient (Wildman–Crippen LogP) is 1.15. The molecule has 4 N–H and O–H groups in total. The normalized spacial score (nSPS) is 18.3. The van der Waals surface area contributed by atoms with Crippen molar-refractivity contribution in [1.29, 1.82) is 0 Å². The fraction of sp³-hybridized carbons (Fsp3) is 0.462. The molecule has 0 aromatic heterocycles. The molecule has 4 nitrogen and oxygen atoms in total. The third kappa shape index (κ3) is 2.79. The lowest BCUT2D eigenvalue weighted by atomic mass is 9.74. The van der Waals surface area contributed by atoms with Gasteiger partial charge in [0.1, 0.15) is 5.82 Å². The van der Waals surface area contributed by atoms with Crippen molar-refractivity contribution in [2.45, 2.75) is 18.3 Å². The number of benzene rings is 1. The summed E-state index contributed by atoms with van der Waals surface area (Å²) in [7, 11) is 0. The van der Waals surface area contributed by atoms with Gasteiger partial charge in [-0.05, 0) is 30.5 Å². The first kappa shape index (κ1) is 12.8. The Kier molecular flexibility index (Phi) is 3.81. The number of guanidine groups is 1. The molecule has 0 amide bonds. The molecule has 0 spiro atoms. The van der Waals surface area contributed by atoms with Crippen molar-refractivity contribution in [1.82, 2.24) is 0 Å². The molecule has 0 radical (unpaired) electrons. The van der Waals surface area contributed by atoms with Crippen molar-refractivity contribution in [2.75, 3.05) is 19.8 Å². The van der Waals surface area contributed by atoms with Crippen molar-refractivity contribution in [3.05, 3.63) is 35.6 Å². The van der Waals surface area contributed by atoms with Crippen LogP contribution in [-0.4, -0.2) is 25.7 Å². The molecule has 1 heterocycles. The van der Waals surface area contributed by atoms with Gasteiger partial charge >= 0.3 is 0 Å². The Bertz CT molecular complexity index is 420. The number of nitrogens with two attached hydrogens (primary N) is 2.